The number of nitrogens with one attached hydrogen (secondary N) is 2. The van der Waals surface area contributed by atoms with E-state index in [1.807, 2.05) is 6.07 Å². The van der Waals surface area contributed by atoms with E-state index in [4.69, 9.17) is 0 Å². The first-order valence-corrected chi connectivity index (χ1v) is 15.2. The number of amides is 2. The molecule has 1 aromatic carbocycles. The molecule has 9 nitrogen and oxygen atoms in total. The van der Waals surface area contributed by atoms with E-state index in [1.54, 1.807) is 55.6 Å². The number of sulfonamides is 1. The monoisotopic (exact) mass is 640 g/mol. The Morgan fingerprint density at radius 1 is 1.00 bits per heavy atom. The van der Waals surface area contributed by atoms with Gasteiger partial charge in [0.15, 0.2) is 0 Å². The van der Waals surface area contributed by atoms with Crippen molar-refractivity contribution in [3.63, 3.8) is 0 Å². The van der Waals surface area contributed by atoms with Crippen LogP contribution < -0.4 is 16.2 Å². The predicted octanol–water partition coefficient (Wildman–Crippen LogP) is 2.40. The van der Waals surface area contributed by atoms with Crippen molar-refractivity contribution in [3.8, 4) is 5.69 Å². The van der Waals surface area contributed by atoms with E-state index in [1.165, 1.54) is 26.3 Å². The smallest absolute Gasteiger partial charge is 0.261 e. The summed E-state index contributed by atoms with van der Waals surface area (Å²) in [5.41, 5.74) is 0.785. The van der Waals surface area contributed by atoms with Crippen molar-refractivity contribution in [1.29, 1.82) is 0 Å². The molecule has 0 bridgehead atoms. The van der Waals surface area contributed by atoms with Gasteiger partial charge in [0.2, 0.25) is 10.0 Å². The quantitative estimate of drug-likeness (QED) is 0.290. The van der Waals surface area contributed by atoms with Crippen molar-refractivity contribution in [3.05, 3.63) is 86.5 Å². The topological polar surface area (TPSA) is 118 Å². The van der Waals surface area contributed by atoms with Gasteiger partial charge in [-0.05, 0) is 49.4 Å². The minimum Gasteiger partial charge on any atom is -0.346 e. The van der Waals surface area contributed by atoms with Crippen molar-refractivity contribution < 1.29 is 18.0 Å². The fraction of sp³-hybridized carbons (Fsp3) is 0.292. The standard InChI is InChI=1S/C24H25IN4O5S2/c1-2-36(33,34)28-14-19(20(15-28)27-24(32)21-11-10-18(13-25)35-21)26-23(31)16-6-8-17(9-7-16)29-12-4-3-5-22(29)30/h3-12,19-20H,2,13-15H2,1H3,(H,26,31)(H,27,32)/t19-,20+/m0/s1. The Bertz CT molecular complexity index is 1420. The number of halogens is 1. The maximum atomic E-state index is 13.0. The summed E-state index contributed by atoms with van der Waals surface area (Å²) in [5, 5.41) is 5.80. The molecule has 190 valence electrons. The van der Waals surface area contributed by atoms with Gasteiger partial charge >= 0.3 is 0 Å². The van der Waals surface area contributed by atoms with Gasteiger partial charge in [-0.2, -0.15) is 4.31 Å². The minimum absolute atomic E-state index is 0.0633. The van der Waals surface area contributed by atoms with Gasteiger partial charge in [0.1, 0.15) is 0 Å². The number of pyridine rings is 1. The molecular formula is C24H25IN4O5S2. The van der Waals surface area contributed by atoms with E-state index >= 15 is 0 Å². The van der Waals surface area contributed by atoms with Crippen molar-refractivity contribution in [2.75, 3.05) is 18.8 Å². The number of nitrogens with zero attached hydrogens (tertiary/aromatic N) is 2. The van der Waals surface area contributed by atoms with Crippen molar-refractivity contribution >= 4 is 55.8 Å². The molecule has 2 atom stereocenters. The zero-order valence-corrected chi connectivity index (χ0v) is 23.2. The van der Waals surface area contributed by atoms with E-state index < -0.39 is 28.0 Å². The number of thiophene rings is 1. The first-order chi connectivity index (χ1) is 17.2. The first kappa shape index (κ1) is 26.5. The normalized spacial score (nSPS) is 18.2. The van der Waals surface area contributed by atoms with Gasteiger partial charge in [0, 0.05) is 45.9 Å². The Morgan fingerprint density at radius 2 is 1.67 bits per heavy atom. The summed E-state index contributed by atoms with van der Waals surface area (Å²) < 4.78 is 28.6. The first-order valence-electron chi connectivity index (χ1n) is 11.2. The van der Waals surface area contributed by atoms with E-state index in [-0.39, 0.29) is 30.3 Å². The Labute approximate surface area is 226 Å². The maximum Gasteiger partial charge on any atom is 0.261 e. The Morgan fingerprint density at radius 3 is 2.25 bits per heavy atom. The van der Waals surface area contributed by atoms with Crippen LogP contribution in [0.15, 0.2) is 65.6 Å². The molecule has 0 aliphatic carbocycles. The van der Waals surface area contributed by atoms with Crippen LogP contribution in [0.3, 0.4) is 0 Å². The zero-order valence-electron chi connectivity index (χ0n) is 19.4. The summed E-state index contributed by atoms with van der Waals surface area (Å²) in [6.45, 7) is 1.70. The molecule has 1 aliphatic heterocycles. The fourth-order valence-electron chi connectivity index (χ4n) is 3.95. The lowest BCUT2D eigenvalue weighted by atomic mass is 10.1. The lowest BCUT2D eigenvalue weighted by Crippen LogP contribution is -2.50. The summed E-state index contributed by atoms with van der Waals surface area (Å²) >= 11 is 3.61. The maximum absolute atomic E-state index is 13.0. The van der Waals surface area contributed by atoms with Crippen LogP contribution in [0.2, 0.25) is 0 Å². The predicted molar refractivity (Wildman–Crippen MR) is 148 cm³/mol. The highest BCUT2D eigenvalue weighted by molar-refractivity contribution is 14.1. The lowest BCUT2D eigenvalue weighted by Gasteiger charge is -2.21. The summed E-state index contributed by atoms with van der Waals surface area (Å²) in [5.74, 6) is -0.766. The summed E-state index contributed by atoms with van der Waals surface area (Å²) in [6, 6.07) is 13.8. The third-order valence-electron chi connectivity index (χ3n) is 5.92. The van der Waals surface area contributed by atoms with Crippen molar-refractivity contribution in [2.45, 2.75) is 23.4 Å². The number of aromatic nitrogens is 1. The molecule has 1 saturated heterocycles. The summed E-state index contributed by atoms with van der Waals surface area (Å²) in [4.78, 5) is 39.5. The van der Waals surface area contributed by atoms with Crippen LogP contribution in [-0.2, 0) is 14.5 Å². The van der Waals surface area contributed by atoms with E-state index in [9.17, 15) is 22.8 Å². The number of alkyl halides is 1. The molecule has 0 spiro atoms. The molecule has 0 radical (unpaired) electrons. The number of carbonyl (C=O) groups is 2. The van der Waals surface area contributed by atoms with Crippen LogP contribution in [-0.4, -0.2) is 60.0 Å². The molecule has 2 aromatic heterocycles. The highest BCUT2D eigenvalue weighted by Gasteiger charge is 2.40. The Kier molecular flexibility index (Phi) is 8.27. The van der Waals surface area contributed by atoms with E-state index in [0.29, 0.717) is 16.1 Å². The molecule has 3 heterocycles. The van der Waals surface area contributed by atoms with Gasteiger partial charge in [0.25, 0.3) is 17.4 Å². The second kappa shape index (κ2) is 11.2. The second-order valence-electron chi connectivity index (χ2n) is 8.23. The van der Waals surface area contributed by atoms with Crippen LogP contribution >= 0.6 is 33.9 Å². The molecule has 12 heteroatoms. The highest BCUT2D eigenvalue weighted by Crippen LogP contribution is 2.21. The molecule has 0 saturated carbocycles. The highest BCUT2D eigenvalue weighted by atomic mass is 127. The number of benzene rings is 1. The van der Waals surface area contributed by atoms with Gasteiger partial charge < -0.3 is 10.6 Å². The Hall–Kier alpha value is -2.55. The zero-order chi connectivity index (χ0) is 25.9. The van der Waals surface area contributed by atoms with Crippen LogP contribution in [0.5, 0.6) is 0 Å². The van der Waals surface area contributed by atoms with Crippen LogP contribution in [0.25, 0.3) is 5.69 Å². The van der Waals surface area contributed by atoms with Gasteiger partial charge in [-0.3, -0.25) is 19.0 Å². The third-order valence-corrected chi connectivity index (χ3v) is 10.2. The molecule has 1 aliphatic rings. The second-order valence-corrected chi connectivity index (χ2v) is 12.4. The third kappa shape index (κ3) is 5.88. The van der Waals surface area contributed by atoms with E-state index in [0.717, 1.165) is 9.30 Å². The Balaban J connectivity index is 1.51. The molecule has 1 fully saturated rings. The van der Waals surface area contributed by atoms with Gasteiger partial charge in [-0.1, -0.05) is 28.7 Å². The average molecular weight is 641 g/mol. The summed E-state index contributed by atoms with van der Waals surface area (Å²) in [6.07, 6.45) is 1.64. The van der Waals surface area contributed by atoms with Gasteiger partial charge in [0.05, 0.1) is 22.7 Å². The molecule has 3 aromatic rings. The van der Waals surface area contributed by atoms with Crippen LogP contribution in [0, 0.1) is 0 Å². The molecular weight excluding hydrogens is 615 g/mol. The number of rotatable bonds is 8. The van der Waals surface area contributed by atoms with Gasteiger partial charge in [-0.25, -0.2) is 8.42 Å². The molecule has 0 unspecified atom stereocenters. The van der Waals surface area contributed by atoms with E-state index in [2.05, 4.69) is 33.2 Å². The largest absolute Gasteiger partial charge is 0.346 e. The molecule has 2 N–H and O–H groups in total. The lowest BCUT2D eigenvalue weighted by molar-refractivity contribution is 0.0898. The number of hydrogen-bond donors (Lipinski definition) is 2. The average Bonchev–Trinajstić information content (AvgIpc) is 3.52. The number of hydrogen-bond acceptors (Lipinski definition) is 6. The SMILES string of the molecule is CCS(=O)(=O)N1C[C@H](NC(=O)c2ccc(-n3ccccc3=O)cc2)[C@H](NC(=O)c2ccc(CI)s2)C1. The van der Waals surface area contributed by atoms with Crippen molar-refractivity contribution in [2.24, 2.45) is 0 Å². The van der Waals surface area contributed by atoms with Gasteiger partial charge in [-0.15, -0.1) is 11.3 Å². The molecule has 4 rings (SSSR count). The van der Waals surface area contributed by atoms with Crippen LogP contribution in [0.1, 0.15) is 31.8 Å². The molecule has 2 amide bonds. The minimum atomic E-state index is -3.50. The van der Waals surface area contributed by atoms with Crippen molar-refractivity contribution in [1.82, 2.24) is 19.5 Å². The number of carbonyl (C=O) groups excluding carboxylic acids is 2. The fourth-order valence-corrected chi connectivity index (χ4v) is 6.57. The summed E-state index contributed by atoms with van der Waals surface area (Å²) in [7, 11) is -3.50. The van der Waals surface area contributed by atoms with Crippen LogP contribution in [0.4, 0.5) is 0 Å². The molecule has 36 heavy (non-hydrogen) atoms.